The van der Waals surface area contributed by atoms with Crippen LogP contribution in [0.3, 0.4) is 0 Å². The maximum Gasteiger partial charge on any atom is 0.331 e. The number of benzene rings is 3. The van der Waals surface area contributed by atoms with Crippen LogP contribution in [0.15, 0.2) is 72.8 Å². The molecule has 1 aliphatic heterocycles. The number of nitrogens with zero attached hydrogens (tertiary/aromatic N) is 2. The van der Waals surface area contributed by atoms with Gasteiger partial charge in [0, 0.05) is 6.54 Å². The summed E-state index contributed by atoms with van der Waals surface area (Å²) in [5.41, 5.74) is 8.36. The summed E-state index contributed by atoms with van der Waals surface area (Å²) in [6.45, 7) is 0.571. The zero-order chi connectivity index (χ0) is 19.0. The Morgan fingerprint density at radius 3 is 1.96 bits per heavy atom. The SMILES string of the molecule is NCc1ccc(CN2c3ccccc3N(c3ccccc3F)S2(=O)=O)cc1. The number of anilines is 3. The first-order valence-electron chi connectivity index (χ1n) is 8.47. The molecule has 0 saturated heterocycles. The molecule has 3 aromatic rings. The van der Waals surface area contributed by atoms with Gasteiger partial charge in [0.25, 0.3) is 0 Å². The van der Waals surface area contributed by atoms with Crippen LogP contribution >= 0.6 is 0 Å². The lowest BCUT2D eigenvalue weighted by Gasteiger charge is -2.22. The number of hydrogen-bond acceptors (Lipinski definition) is 3. The molecule has 0 aromatic heterocycles. The van der Waals surface area contributed by atoms with Gasteiger partial charge in [-0.3, -0.25) is 0 Å². The predicted octanol–water partition coefficient (Wildman–Crippen LogP) is 3.69. The summed E-state index contributed by atoms with van der Waals surface area (Å²) < 4.78 is 43.3. The second-order valence-electron chi connectivity index (χ2n) is 6.24. The summed E-state index contributed by atoms with van der Waals surface area (Å²) >= 11 is 0. The van der Waals surface area contributed by atoms with Crippen LogP contribution in [0.2, 0.25) is 0 Å². The number of hydrogen-bond donors (Lipinski definition) is 1. The zero-order valence-corrected chi connectivity index (χ0v) is 15.2. The van der Waals surface area contributed by atoms with Crippen LogP contribution in [0.5, 0.6) is 0 Å². The Bertz CT molecular complexity index is 1080. The molecule has 0 unspecified atom stereocenters. The van der Waals surface area contributed by atoms with Gasteiger partial charge in [-0.25, -0.2) is 13.0 Å². The standard InChI is InChI=1S/C20H18FN3O2S/c21-17-5-1-2-6-18(17)24-20-8-4-3-7-19(20)23(27(24,25)26)14-16-11-9-15(13-22)10-12-16/h1-12H,13-14,22H2. The van der Waals surface area contributed by atoms with E-state index in [1.807, 2.05) is 24.3 Å². The van der Waals surface area contributed by atoms with E-state index in [0.717, 1.165) is 15.4 Å². The normalized spacial score (nSPS) is 15.0. The van der Waals surface area contributed by atoms with Crippen LogP contribution in [0.4, 0.5) is 21.5 Å². The molecule has 0 aliphatic carbocycles. The molecule has 27 heavy (non-hydrogen) atoms. The Hall–Kier alpha value is -2.90. The molecular formula is C20H18FN3O2S. The van der Waals surface area contributed by atoms with Crippen molar-refractivity contribution < 1.29 is 12.8 Å². The molecule has 1 aliphatic rings. The van der Waals surface area contributed by atoms with Gasteiger partial charge in [0.2, 0.25) is 0 Å². The molecule has 5 nitrogen and oxygen atoms in total. The van der Waals surface area contributed by atoms with Crippen molar-refractivity contribution in [2.45, 2.75) is 13.1 Å². The maximum atomic E-state index is 14.4. The molecule has 0 radical (unpaired) electrons. The first-order valence-corrected chi connectivity index (χ1v) is 9.86. The minimum atomic E-state index is -3.97. The highest BCUT2D eigenvalue weighted by Crippen LogP contribution is 2.46. The summed E-state index contributed by atoms with van der Waals surface area (Å²) in [5.74, 6) is -0.593. The fourth-order valence-electron chi connectivity index (χ4n) is 3.18. The second kappa shape index (κ2) is 6.68. The lowest BCUT2D eigenvalue weighted by molar-refractivity contribution is 0.590. The molecule has 0 spiro atoms. The van der Waals surface area contributed by atoms with Crippen molar-refractivity contribution in [3.05, 3.63) is 89.7 Å². The van der Waals surface area contributed by atoms with Gasteiger partial charge in [0.1, 0.15) is 5.82 Å². The van der Waals surface area contributed by atoms with E-state index in [-0.39, 0.29) is 12.2 Å². The summed E-state index contributed by atoms with van der Waals surface area (Å²) in [5, 5.41) is 0. The van der Waals surface area contributed by atoms with Crippen molar-refractivity contribution in [2.75, 3.05) is 8.61 Å². The molecule has 3 aromatic carbocycles. The summed E-state index contributed by atoms with van der Waals surface area (Å²) in [6, 6.07) is 20.2. The van der Waals surface area contributed by atoms with Crippen LogP contribution in [-0.2, 0) is 23.3 Å². The van der Waals surface area contributed by atoms with E-state index in [9.17, 15) is 12.8 Å². The van der Waals surface area contributed by atoms with Crippen molar-refractivity contribution >= 4 is 27.3 Å². The number of halogens is 1. The van der Waals surface area contributed by atoms with Crippen molar-refractivity contribution in [3.8, 4) is 0 Å². The third-order valence-electron chi connectivity index (χ3n) is 4.53. The summed E-state index contributed by atoms with van der Waals surface area (Å²) in [6.07, 6.45) is 0. The Balaban J connectivity index is 1.80. The van der Waals surface area contributed by atoms with Crippen LogP contribution in [0, 0.1) is 5.82 Å². The lowest BCUT2D eigenvalue weighted by atomic mass is 10.1. The fourth-order valence-corrected chi connectivity index (χ4v) is 4.89. The highest BCUT2D eigenvalue weighted by molar-refractivity contribution is 7.95. The smallest absolute Gasteiger partial charge is 0.326 e. The van der Waals surface area contributed by atoms with Crippen LogP contribution in [0.25, 0.3) is 0 Å². The number of nitrogens with two attached hydrogens (primary N) is 1. The first-order chi connectivity index (χ1) is 13.0. The van der Waals surface area contributed by atoms with Gasteiger partial charge in [0.05, 0.1) is 23.6 Å². The molecule has 0 fully saturated rings. The molecule has 4 rings (SSSR count). The third-order valence-corrected chi connectivity index (χ3v) is 6.27. The quantitative estimate of drug-likeness (QED) is 0.747. The monoisotopic (exact) mass is 383 g/mol. The van der Waals surface area contributed by atoms with Crippen molar-refractivity contribution in [1.29, 1.82) is 0 Å². The van der Waals surface area contributed by atoms with Gasteiger partial charge in [-0.2, -0.15) is 8.42 Å². The minimum absolute atomic E-state index is 0.00549. The largest absolute Gasteiger partial charge is 0.331 e. The predicted molar refractivity (Wildman–Crippen MR) is 104 cm³/mol. The van der Waals surface area contributed by atoms with Crippen molar-refractivity contribution in [2.24, 2.45) is 5.73 Å². The highest BCUT2D eigenvalue weighted by Gasteiger charge is 2.42. The van der Waals surface area contributed by atoms with Gasteiger partial charge in [-0.1, -0.05) is 48.5 Å². The molecule has 1 heterocycles. The Morgan fingerprint density at radius 2 is 1.33 bits per heavy atom. The van der Waals surface area contributed by atoms with E-state index in [1.54, 1.807) is 30.3 Å². The number of para-hydroxylation sites is 3. The van der Waals surface area contributed by atoms with E-state index >= 15 is 0 Å². The molecule has 0 saturated carbocycles. The number of rotatable bonds is 4. The number of fused-ring (bicyclic) bond motifs is 1. The Kier molecular flexibility index (Phi) is 4.33. The van der Waals surface area contributed by atoms with Gasteiger partial charge in [0.15, 0.2) is 0 Å². The van der Waals surface area contributed by atoms with E-state index in [1.165, 1.54) is 22.5 Å². The van der Waals surface area contributed by atoms with Gasteiger partial charge in [-0.15, -0.1) is 0 Å². The van der Waals surface area contributed by atoms with Crippen LogP contribution in [-0.4, -0.2) is 8.42 Å². The van der Waals surface area contributed by atoms with Crippen molar-refractivity contribution in [3.63, 3.8) is 0 Å². The molecule has 138 valence electrons. The first kappa shape index (κ1) is 17.5. The summed E-state index contributed by atoms with van der Waals surface area (Å²) in [4.78, 5) is 0. The van der Waals surface area contributed by atoms with Crippen LogP contribution < -0.4 is 14.3 Å². The summed E-state index contributed by atoms with van der Waals surface area (Å²) in [7, 11) is -3.97. The highest BCUT2D eigenvalue weighted by atomic mass is 32.2. The molecule has 0 bridgehead atoms. The van der Waals surface area contributed by atoms with Crippen molar-refractivity contribution in [1.82, 2.24) is 0 Å². The lowest BCUT2D eigenvalue weighted by Crippen LogP contribution is -2.35. The topological polar surface area (TPSA) is 66.6 Å². The van der Waals surface area contributed by atoms with E-state index in [2.05, 4.69) is 0 Å². The Labute approximate surface area is 157 Å². The molecule has 0 amide bonds. The zero-order valence-electron chi connectivity index (χ0n) is 14.4. The van der Waals surface area contributed by atoms with E-state index in [0.29, 0.717) is 17.9 Å². The van der Waals surface area contributed by atoms with Gasteiger partial charge in [-0.05, 0) is 35.4 Å². The Morgan fingerprint density at radius 1 is 0.778 bits per heavy atom. The van der Waals surface area contributed by atoms with E-state index < -0.39 is 16.0 Å². The molecule has 2 N–H and O–H groups in total. The minimum Gasteiger partial charge on any atom is -0.326 e. The average molecular weight is 383 g/mol. The van der Waals surface area contributed by atoms with Gasteiger partial charge >= 0.3 is 10.2 Å². The average Bonchev–Trinajstić information content (AvgIpc) is 2.90. The maximum absolute atomic E-state index is 14.4. The van der Waals surface area contributed by atoms with E-state index in [4.69, 9.17) is 5.73 Å². The molecule has 7 heteroatoms. The molecular weight excluding hydrogens is 365 g/mol. The van der Waals surface area contributed by atoms with Gasteiger partial charge < -0.3 is 5.73 Å². The second-order valence-corrected chi connectivity index (χ2v) is 7.94. The fraction of sp³-hybridized carbons (Fsp3) is 0.100. The molecule has 0 atom stereocenters. The van der Waals surface area contributed by atoms with Crippen LogP contribution in [0.1, 0.15) is 11.1 Å². The third kappa shape index (κ3) is 2.94.